The van der Waals surface area contributed by atoms with Crippen LogP contribution in [0.25, 0.3) is 0 Å². The average Bonchev–Trinajstić information content (AvgIpc) is 1.85. The van der Waals surface area contributed by atoms with E-state index < -0.39 is 10.1 Å². The van der Waals surface area contributed by atoms with Crippen LogP contribution in [-0.4, -0.2) is 30.2 Å². The van der Waals surface area contributed by atoms with E-state index in [1.165, 1.54) is 0 Å². The van der Waals surface area contributed by atoms with E-state index in [2.05, 4.69) is 0 Å². The number of rotatable bonds is 2. The summed E-state index contributed by atoms with van der Waals surface area (Å²) < 4.78 is 29.4. The Morgan fingerprint density at radius 3 is 2.73 bits per heavy atom. The molecule has 0 aromatic rings. The quantitative estimate of drug-likeness (QED) is 0.670. The number of hydrogen-bond donors (Lipinski definition) is 1. The maximum absolute atomic E-state index is 10.4. The molecule has 0 aromatic carbocycles. The van der Waals surface area contributed by atoms with Gasteiger partial charge in [-0.25, -0.2) is 0 Å². The highest BCUT2D eigenvalue weighted by Gasteiger charge is 2.19. The third-order valence-electron chi connectivity index (χ3n) is 1.70. The molecule has 0 bridgehead atoms. The summed E-state index contributed by atoms with van der Waals surface area (Å²) >= 11 is 1.77. The Kier molecular flexibility index (Phi) is 3.21. The summed E-state index contributed by atoms with van der Waals surface area (Å²) in [7, 11) is -3.74. The highest BCUT2D eigenvalue weighted by molar-refractivity contribution is 7.99. The van der Waals surface area contributed by atoms with Gasteiger partial charge in [0, 0.05) is 0 Å². The lowest BCUT2D eigenvalue weighted by Crippen LogP contribution is -2.20. The van der Waals surface area contributed by atoms with Crippen LogP contribution >= 0.6 is 11.8 Å². The third-order valence-corrected chi connectivity index (χ3v) is 3.88. The van der Waals surface area contributed by atoms with Crippen LogP contribution in [0.4, 0.5) is 0 Å². The van der Waals surface area contributed by atoms with Crippen molar-refractivity contribution in [2.75, 3.05) is 17.3 Å². The van der Waals surface area contributed by atoms with Crippen molar-refractivity contribution in [1.82, 2.24) is 0 Å². The normalized spacial score (nSPS) is 26.8. The molecular weight excluding hydrogens is 184 g/mol. The predicted molar refractivity (Wildman–Crippen MR) is 46.5 cm³/mol. The minimum atomic E-state index is -3.74. The minimum absolute atomic E-state index is 0.0556. The van der Waals surface area contributed by atoms with Gasteiger partial charge in [-0.15, -0.1) is 0 Å². The summed E-state index contributed by atoms with van der Waals surface area (Å²) in [6.45, 7) is 0. The largest absolute Gasteiger partial charge is 0.286 e. The molecule has 0 radical (unpaired) electrons. The van der Waals surface area contributed by atoms with Gasteiger partial charge in [0.25, 0.3) is 10.1 Å². The summed E-state index contributed by atoms with van der Waals surface area (Å²) in [5.41, 5.74) is 0. The fourth-order valence-corrected chi connectivity index (χ4v) is 3.42. The van der Waals surface area contributed by atoms with Crippen molar-refractivity contribution in [3.8, 4) is 0 Å². The molecule has 0 spiro atoms. The van der Waals surface area contributed by atoms with Crippen molar-refractivity contribution >= 4 is 21.9 Å². The summed E-state index contributed by atoms with van der Waals surface area (Å²) in [6.07, 6.45) is 2.01. The lowest BCUT2D eigenvalue weighted by molar-refractivity contribution is 0.462. The Hall–Kier alpha value is 0.260. The van der Waals surface area contributed by atoms with E-state index in [1.54, 1.807) is 11.8 Å². The molecule has 3 nitrogen and oxygen atoms in total. The molecule has 1 rings (SSSR count). The first kappa shape index (κ1) is 9.35. The minimum Gasteiger partial charge on any atom is -0.286 e. The zero-order chi connectivity index (χ0) is 8.32. The van der Waals surface area contributed by atoms with Crippen molar-refractivity contribution in [1.29, 1.82) is 0 Å². The first-order valence-corrected chi connectivity index (χ1v) is 6.37. The first-order chi connectivity index (χ1) is 5.08. The van der Waals surface area contributed by atoms with Gasteiger partial charge in [-0.3, -0.25) is 4.55 Å². The van der Waals surface area contributed by atoms with Crippen LogP contribution in [-0.2, 0) is 10.1 Å². The fourth-order valence-electron chi connectivity index (χ4n) is 1.24. The highest BCUT2D eigenvalue weighted by atomic mass is 32.2. The molecule has 0 amide bonds. The van der Waals surface area contributed by atoms with E-state index in [0.717, 1.165) is 24.3 Å². The molecule has 66 valence electrons. The Morgan fingerprint density at radius 2 is 2.27 bits per heavy atom. The molecule has 1 unspecified atom stereocenters. The van der Waals surface area contributed by atoms with Crippen molar-refractivity contribution < 1.29 is 13.0 Å². The first-order valence-electron chi connectivity index (χ1n) is 3.61. The van der Waals surface area contributed by atoms with E-state index in [-0.39, 0.29) is 11.7 Å². The van der Waals surface area contributed by atoms with Crippen LogP contribution < -0.4 is 0 Å². The molecule has 1 aliphatic rings. The Morgan fingerprint density at radius 1 is 1.55 bits per heavy atom. The summed E-state index contributed by atoms with van der Waals surface area (Å²) in [5.74, 6) is 2.12. The molecule has 5 heteroatoms. The second kappa shape index (κ2) is 3.78. The molecular formula is C6H12O3S2. The molecule has 0 aromatic heterocycles. The molecule has 1 N–H and O–H groups in total. The lowest BCUT2D eigenvalue weighted by Gasteiger charge is -2.19. The molecule has 1 saturated heterocycles. The number of hydrogen-bond acceptors (Lipinski definition) is 3. The zero-order valence-electron chi connectivity index (χ0n) is 6.19. The van der Waals surface area contributed by atoms with Crippen LogP contribution in [0.3, 0.4) is 0 Å². The van der Waals surface area contributed by atoms with Crippen molar-refractivity contribution in [2.24, 2.45) is 5.92 Å². The van der Waals surface area contributed by atoms with Crippen molar-refractivity contribution in [3.63, 3.8) is 0 Å². The van der Waals surface area contributed by atoms with E-state index >= 15 is 0 Å². The summed E-state index contributed by atoms with van der Waals surface area (Å²) in [5, 5.41) is 0. The average molecular weight is 196 g/mol. The van der Waals surface area contributed by atoms with Gasteiger partial charge < -0.3 is 0 Å². The maximum Gasteiger partial charge on any atom is 0.265 e. The highest BCUT2D eigenvalue weighted by Crippen LogP contribution is 2.23. The molecule has 0 aliphatic carbocycles. The SMILES string of the molecule is O=S(=O)(O)CC1CCCSC1. The van der Waals surface area contributed by atoms with Crippen LogP contribution in [0.1, 0.15) is 12.8 Å². The Labute approximate surface area is 71.3 Å². The van der Waals surface area contributed by atoms with Crippen molar-refractivity contribution in [3.05, 3.63) is 0 Å². The van der Waals surface area contributed by atoms with Gasteiger partial charge in [-0.1, -0.05) is 0 Å². The number of thioether (sulfide) groups is 1. The third kappa shape index (κ3) is 3.98. The van der Waals surface area contributed by atoms with E-state index in [0.29, 0.717) is 0 Å². The van der Waals surface area contributed by atoms with E-state index in [1.807, 2.05) is 0 Å². The Balaban J connectivity index is 2.36. The monoisotopic (exact) mass is 196 g/mol. The van der Waals surface area contributed by atoms with E-state index in [4.69, 9.17) is 4.55 Å². The van der Waals surface area contributed by atoms with Crippen LogP contribution in [0.15, 0.2) is 0 Å². The van der Waals surface area contributed by atoms with Gasteiger partial charge in [-0.05, 0) is 30.3 Å². The fraction of sp³-hybridized carbons (Fsp3) is 1.00. The van der Waals surface area contributed by atoms with Gasteiger partial charge in [0.05, 0.1) is 5.75 Å². The van der Waals surface area contributed by atoms with Crippen molar-refractivity contribution in [2.45, 2.75) is 12.8 Å². The standard InChI is InChI=1S/C6H12O3S2/c7-11(8,9)5-6-2-1-3-10-4-6/h6H,1-5H2,(H,7,8,9). The van der Waals surface area contributed by atoms with Gasteiger partial charge in [0.2, 0.25) is 0 Å². The predicted octanol–water partition coefficient (Wildman–Crippen LogP) is 1.02. The Bertz CT molecular complexity index is 204. The molecule has 0 saturated carbocycles. The van der Waals surface area contributed by atoms with Gasteiger partial charge >= 0.3 is 0 Å². The summed E-state index contributed by atoms with van der Waals surface area (Å²) in [4.78, 5) is 0. The molecule has 1 heterocycles. The van der Waals surface area contributed by atoms with Gasteiger partial charge in [0.15, 0.2) is 0 Å². The maximum atomic E-state index is 10.4. The molecule has 11 heavy (non-hydrogen) atoms. The van der Waals surface area contributed by atoms with Crippen LogP contribution in [0, 0.1) is 5.92 Å². The molecule has 1 atom stereocenters. The second-order valence-electron chi connectivity index (χ2n) is 2.83. The molecule has 1 fully saturated rings. The lowest BCUT2D eigenvalue weighted by atomic mass is 10.1. The van der Waals surface area contributed by atoms with E-state index in [9.17, 15) is 8.42 Å². The summed E-state index contributed by atoms with van der Waals surface area (Å²) in [6, 6.07) is 0. The smallest absolute Gasteiger partial charge is 0.265 e. The topological polar surface area (TPSA) is 54.4 Å². The molecule has 1 aliphatic heterocycles. The van der Waals surface area contributed by atoms with Gasteiger partial charge in [-0.2, -0.15) is 20.2 Å². The van der Waals surface area contributed by atoms with Crippen LogP contribution in [0.2, 0.25) is 0 Å². The second-order valence-corrected chi connectivity index (χ2v) is 5.48. The van der Waals surface area contributed by atoms with Gasteiger partial charge in [0.1, 0.15) is 0 Å². The van der Waals surface area contributed by atoms with Crippen LogP contribution in [0.5, 0.6) is 0 Å². The zero-order valence-corrected chi connectivity index (χ0v) is 7.83.